The molecule has 0 radical (unpaired) electrons. The summed E-state index contributed by atoms with van der Waals surface area (Å²) in [6.45, 7) is 0.744. The van der Waals surface area contributed by atoms with Crippen molar-refractivity contribution in [1.29, 1.82) is 0 Å². The first kappa shape index (κ1) is 11.5. The van der Waals surface area contributed by atoms with E-state index in [0.717, 1.165) is 12.2 Å². The van der Waals surface area contributed by atoms with Crippen LogP contribution in [-0.4, -0.2) is 23.5 Å². The van der Waals surface area contributed by atoms with E-state index in [2.05, 4.69) is 31.5 Å². The fraction of sp³-hybridized carbons (Fsp3) is 0.455. The van der Waals surface area contributed by atoms with Crippen molar-refractivity contribution in [3.63, 3.8) is 0 Å². The number of hydrogen-bond donors (Lipinski definition) is 2. The van der Waals surface area contributed by atoms with Crippen molar-refractivity contribution in [1.82, 2.24) is 10.3 Å². The van der Waals surface area contributed by atoms with Crippen LogP contribution in [0, 0.1) is 0 Å². The van der Waals surface area contributed by atoms with Crippen LogP contribution in [0.4, 0.5) is 5.69 Å². The number of nitrogens with one attached hydrogen (secondary N) is 2. The molecule has 0 saturated heterocycles. The zero-order valence-electron chi connectivity index (χ0n) is 8.87. The minimum atomic E-state index is 0.0156. The molecule has 1 aromatic heterocycles. The maximum Gasteiger partial charge on any atom is 0.225 e. The Kier molecular flexibility index (Phi) is 3.90. The third-order valence-corrected chi connectivity index (χ3v) is 3.03. The Morgan fingerprint density at radius 2 is 2.38 bits per heavy atom. The molecule has 0 aromatic carbocycles. The molecule has 2 N–H and O–H groups in total. The van der Waals surface area contributed by atoms with Crippen LogP contribution in [-0.2, 0) is 4.79 Å². The van der Waals surface area contributed by atoms with E-state index in [-0.39, 0.29) is 5.91 Å². The monoisotopic (exact) mass is 283 g/mol. The van der Waals surface area contributed by atoms with Gasteiger partial charge < -0.3 is 10.6 Å². The molecule has 5 heteroatoms. The Bertz CT molecular complexity index is 379. The molecule has 1 aromatic rings. The summed E-state index contributed by atoms with van der Waals surface area (Å²) >= 11 is 3.28. The molecule has 0 unspecified atom stereocenters. The van der Waals surface area contributed by atoms with Gasteiger partial charge in [-0.15, -0.1) is 0 Å². The highest BCUT2D eigenvalue weighted by Crippen LogP contribution is 2.19. The van der Waals surface area contributed by atoms with Crippen molar-refractivity contribution in [3.05, 3.63) is 22.9 Å². The van der Waals surface area contributed by atoms with E-state index in [1.54, 1.807) is 12.3 Å². The first-order valence-electron chi connectivity index (χ1n) is 5.39. The molecule has 0 spiro atoms. The van der Waals surface area contributed by atoms with Gasteiger partial charge in [0.15, 0.2) is 0 Å². The minimum Gasteiger partial charge on any atom is -0.324 e. The number of carbonyl (C=O) groups excluding carboxylic acids is 1. The second kappa shape index (κ2) is 5.41. The van der Waals surface area contributed by atoms with Gasteiger partial charge in [-0.3, -0.25) is 4.79 Å². The molecule has 2 rings (SSSR count). The zero-order valence-corrected chi connectivity index (χ0v) is 10.5. The topological polar surface area (TPSA) is 54.0 Å². The smallest absolute Gasteiger partial charge is 0.225 e. The number of hydrogen-bond acceptors (Lipinski definition) is 3. The van der Waals surface area contributed by atoms with E-state index < -0.39 is 0 Å². The zero-order chi connectivity index (χ0) is 11.4. The van der Waals surface area contributed by atoms with Crippen LogP contribution in [0.1, 0.15) is 19.3 Å². The van der Waals surface area contributed by atoms with Gasteiger partial charge in [-0.2, -0.15) is 0 Å². The van der Waals surface area contributed by atoms with Gasteiger partial charge in [0.1, 0.15) is 4.60 Å². The predicted octanol–water partition coefficient (Wildman–Crippen LogP) is 1.92. The molecule has 4 nitrogen and oxygen atoms in total. The molecule has 86 valence electrons. The largest absolute Gasteiger partial charge is 0.324 e. The van der Waals surface area contributed by atoms with Crippen molar-refractivity contribution in [3.8, 4) is 0 Å². The summed E-state index contributed by atoms with van der Waals surface area (Å²) in [4.78, 5) is 15.6. The molecule has 0 atom stereocenters. The highest BCUT2D eigenvalue weighted by atomic mass is 79.9. The number of carbonyl (C=O) groups is 1. The van der Waals surface area contributed by atoms with Gasteiger partial charge in [-0.05, 0) is 40.9 Å². The summed E-state index contributed by atoms with van der Waals surface area (Å²) < 4.78 is 0.665. The number of nitrogens with zero attached hydrogens (tertiary/aromatic N) is 1. The average Bonchev–Trinajstić information content (AvgIpc) is 3.05. The second-order valence-corrected chi connectivity index (χ2v) is 4.62. The van der Waals surface area contributed by atoms with Gasteiger partial charge in [0.25, 0.3) is 0 Å². The van der Waals surface area contributed by atoms with Crippen molar-refractivity contribution in [2.24, 2.45) is 0 Å². The van der Waals surface area contributed by atoms with Gasteiger partial charge >= 0.3 is 0 Å². The number of amides is 1. The Labute approximate surface area is 103 Å². The Morgan fingerprint density at radius 3 is 3.06 bits per heavy atom. The minimum absolute atomic E-state index is 0.0156. The first-order chi connectivity index (χ1) is 7.75. The van der Waals surface area contributed by atoms with Gasteiger partial charge in [0.2, 0.25) is 5.91 Å². The molecule has 1 heterocycles. The maximum atomic E-state index is 11.6. The van der Waals surface area contributed by atoms with Crippen molar-refractivity contribution in [2.45, 2.75) is 25.3 Å². The number of rotatable bonds is 5. The predicted molar refractivity (Wildman–Crippen MR) is 66.2 cm³/mol. The lowest BCUT2D eigenvalue weighted by atomic mass is 10.3. The standard InChI is InChI=1S/C11H14BrN3O/c12-11-9(2-1-6-14-11)15-10(16)5-7-13-8-3-4-8/h1-2,6,8,13H,3-5,7H2,(H,15,16). The highest BCUT2D eigenvalue weighted by Gasteiger charge is 2.20. The van der Waals surface area contributed by atoms with Crippen LogP contribution in [0.2, 0.25) is 0 Å². The SMILES string of the molecule is O=C(CCNC1CC1)Nc1cccnc1Br. The lowest BCUT2D eigenvalue weighted by molar-refractivity contribution is -0.116. The van der Waals surface area contributed by atoms with E-state index in [9.17, 15) is 4.79 Å². The van der Waals surface area contributed by atoms with Gasteiger partial charge in [0.05, 0.1) is 5.69 Å². The third-order valence-electron chi connectivity index (χ3n) is 2.40. The van der Waals surface area contributed by atoms with Crippen LogP contribution in [0.5, 0.6) is 0 Å². The van der Waals surface area contributed by atoms with Gasteiger partial charge in [0, 0.05) is 25.2 Å². The van der Waals surface area contributed by atoms with E-state index in [0.29, 0.717) is 17.1 Å². The van der Waals surface area contributed by atoms with Crippen molar-refractivity contribution >= 4 is 27.5 Å². The number of aromatic nitrogens is 1. The van der Waals surface area contributed by atoms with Crippen LogP contribution < -0.4 is 10.6 Å². The van der Waals surface area contributed by atoms with Crippen LogP contribution in [0.25, 0.3) is 0 Å². The Hall–Kier alpha value is -0.940. The Morgan fingerprint density at radius 1 is 1.56 bits per heavy atom. The molecule has 0 aliphatic heterocycles. The van der Waals surface area contributed by atoms with Crippen molar-refractivity contribution in [2.75, 3.05) is 11.9 Å². The molecule has 1 fully saturated rings. The Balaban J connectivity index is 1.75. The van der Waals surface area contributed by atoms with Crippen LogP contribution in [0.3, 0.4) is 0 Å². The number of halogens is 1. The molecule has 1 aliphatic rings. The van der Waals surface area contributed by atoms with Crippen molar-refractivity contribution < 1.29 is 4.79 Å². The van der Waals surface area contributed by atoms with E-state index >= 15 is 0 Å². The van der Waals surface area contributed by atoms with E-state index in [1.807, 2.05) is 6.07 Å². The molecule has 1 aliphatic carbocycles. The average molecular weight is 284 g/mol. The number of pyridine rings is 1. The summed E-state index contributed by atoms with van der Waals surface area (Å²) in [6.07, 6.45) is 4.66. The molecule has 1 saturated carbocycles. The summed E-state index contributed by atoms with van der Waals surface area (Å²) in [5, 5.41) is 6.12. The second-order valence-electron chi connectivity index (χ2n) is 3.87. The summed E-state index contributed by atoms with van der Waals surface area (Å²) in [6, 6.07) is 4.27. The van der Waals surface area contributed by atoms with Crippen LogP contribution in [0.15, 0.2) is 22.9 Å². The molecule has 16 heavy (non-hydrogen) atoms. The molecule has 1 amide bonds. The summed E-state index contributed by atoms with van der Waals surface area (Å²) in [5.41, 5.74) is 0.721. The summed E-state index contributed by atoms with van der Waals surface area (Å²) in [7, 11) is 0. The normalized spacial score (nSPS) is 14.8. The maximum absolute atomic E-state index is 11.6. The van der Waals surface area contributed by atoms with Gasteiger partial charge in [-0.25, -0.2) is 4.98 Å². The fourth-order valence-electron chi connectivity index (χ4n) is 1.37. The lowest BCUT2D eigenvalue weighted by Crippen LogP contribution is -2.23. The summed E-state index contributed by atoms with van der Waals surface area (Å²) in [5.74, 6) is 0.0156. The lowest BCUT2D eigenvalue weighted by Gasteiger charge is -2.06. The molecule has 0 bridgehead atoms. The highest BCUT2D eigenvalue weighted by molar-refractivity contribution is 9.10. The van der Waals surface area contributed by atoms with E-state index in [1.165, 1.54) is 12.8 Å². The van der Waals surface area contributed by atoms with Crippen LogP contribution >= 0.6 is 15.9 Å². The van der Waals surface area contributed by atoms with E-state index in [4.69, 9.17) is 0 Å². The molecular weight excluding hydrogens is 270 g/mol. The first-order valence-corrected chi connectivity index (χ1v) is 6.19. The molecular formula is C11H14BrN3O. The quantitative estimate of drug-likeness (QED) is 0.812. The van der Waals surface area contributed by atoms with Gasteiger partial charge in [-0.1, -0.05) is 0 Å². The third kappa shape index (κ3) is 3.57. The number of anilines is 1. The fourth-order valence-corrected chi connectivity index (χ4v) is 1.72.